The van der Waals surface area contributed by atoms with E-state index in [-0.39, 0.29) is 25.9 Å². The molecule has 1 saturated heterocycles. The number of aliphatic hydroxyl groups excluding tert-OH is 2. The zero-order valence-corrected chi connectivity index (χ0v) is 46.9. The Morgan fingerprint density at radius 2 is 0.822 bits per heavy atom. The molecule has 0 aromatic carbocycles. The molecule has 1 heterocycles. The van der Waals surface area contributed by atoms with Crippen LogP contribution in [0.2, 0.25) is 0 Å². The molecule has 0 aliphatic carbocycles. The summed E-state index contributed by atoms with van der Waals surface area (Å²) in [5, 5.41) is 31.5. The Balaban J connectivity index is 2.68. The van der Waals surface area contributed by atoms with Crippen LogP contribution in [0.1, 0.15) is 290 Å². The zero-order valence-electron chi connectivity index (χ0n) is 46.9. The van der Waals surface area contributed by atoms with E-state index in [2.05, 4.69) is 45.1 Å². The molecule has 1 rings (SSSR count). The second kappa shape index (κ2) is 50.0. The molecule has 0 saturated carbocycles. The second-order valence-corrected chi connectivity index (χ2v) is 21.0. The molecular formula is C61H110O12. The second-order valence-electron chi connectivity index (χ2n) is 21.0. The maximum absolute atomic E-state index is 13.1. The van der Waals surface area contributed by atoms with Crippen LogP contribution in [0.15, 0.2) is 24.3 Å². The number of aliphatic carboxylic acids is 1. The molecule has 6 unspecified atom stereocenters. The number of hydrogen-bond donors (Lipinski definition) is 3. The molecule has 426 valence electrons. The highest BCUT2D eigenvalue weighted by Crippen LogP contribution is 2.27. The summed E-state index contributed by atoms with van der Waals surface area (Å²) in [4.78, 5) is 51.1. The fourth-order valence-corrected chi connectivity index (χ4v) is 9.34. The minimum atomic E-state index is -1.90. The van der Waals surface area contributed by atoms with Gasteiger partial charge >= 0.3 is 23.9 Å². The Hall–Kier alpha value is -2.80. The lowest BCUT2D eigenvalue weighted by molar-refractivity contribution is -0.301. The van der Waals surface area contributed by atoms with Gasteiger partial charge in [-0.25, -0.2) is 4.79 Å². The van der Waals surface area contributed by atoms with E-state index in [0.29, 0.717) is 19.3 Å². The molecule has 0 bridgehead atoms. The molecule has 6 atom stereocenters. The highest BCUT2D eigenvalue weighted by molar-refractivity contribution is 5.74. The van der Waals surface area contributed by atoms with Crippen LogP contribution in [-0.4, -0.2) is 89.2 Å². The van der Waals surface area contributed by atoms with Crippen LogP contribution in [0.25, 0.3) is 0 Å². The molecular weight excluding hydrogens is 925 g/mol. The average molecular weight is 1040 g/mol. The summed E-state index contributed by atoms with van der Waals surface area (Å²) in [7, 11) is 0. The van der Waals surface area contributed by atoms with Gasteiger partial charge in [0.25, 0.3) is 0 Å². The van der Waals surface area contributed by atoms with Gasteiger partial charge in [-0.15, -0.1) is 0 Å². The van der Waals surface area contributed by atoms with Crippen molar-refractivity contribution in [1.29, 1.82) is 0 Å². The van der Waals surface area contributed by atoms with Crippen molar-refractivity contribution in [1.82, 2.24) is 0 Å². The van der Waals surface area contributed by atoms with Crippen molar-refractivity contribution in [3.63, 3.8) is 0 Å². The number of ether oxygens (including phenoxy) is 5. The third-order valence-corrected chi connectivity index (χ3v) is 14.0. The van der Waals surface area contributed by atoms with Crippen molar-refractivity contribution < 1.29 is 58.2 Å². The lowest BCUT2D eigenvalue weighted by atomic mass is 9.98. The lowest BCUT2D eigenvalue weighted by Gasteiger charge is -2.40. The van der Waals surface area contributed by atoms with Crippen LogP contribution in [0, 0.1) is 0 Å². The van der Waals surface area contributed by atoms with E-state index >= 15 is 0 Å². The minimum absolute atomic E-state index is 0.0658. The van der Waals surface area contributed by atoms with Gasteiger partial charge in [-0.2, -0.15) is 0 Å². The van der Waals surface area contributed by atoms with Gasteiger partial charge < -0.3 is 39.0 Å². The highest BCUT2D eigenvalue weighted by atomic mass is 16.7. The standard InChI is InChI=1S/C61H110O12/c1-4-7-10-13-16-19-22-25-27-30-32-35-38-41-44-47-53(62)69-50-52(71-54(63)48-45-42-39-36-34-31-28-26-23-20-17-14-11-8-5-2)51-70-61-59(57(66)56(65)58(73-61)60(67)68)72-55(64)49-46-43-40-37-33-29-24-21-18-15-12-9-6-3/h16,19,25,27,52,56-59,61,65-66H,4-15,17-18,20-24,26,28-51H2,1-3H3,(H,67,68)/b19-16-,27-25-. The van der Waals surface area contributed by atoms with Crippen LogP contribution in [0.4, 0.5) is 0 Å². The smallest absolute Gasteiger partial charge is 0.335 e. The maximum Gasteiger partial charge on any atom is 0.335 e. The molecule has 0 aromatic heterocycles. The Labute approximate surface area is 445 Å². The predicted octanol–water partition coefficient (Wildman–Crippen LogP) is 15.5. The Morgan fingerprint density at radius 1 is 0.452 bits per heavy atom. The van der Waals surface area contributed by atoms with Crippen molar-refractivity contribution >= 4 is 23.9 Å². The van der Waals surface area contributed by atoms with Gasteiger partial charge in [-0.3, -0.25) is 14.4 Å². The highest BCUT2D eigenvalue weighted by Gasteiger charge is 2.50. The van der Waals surface area contributed by atoms with Gasteiger partial charge in [0.2, 0.25) is 0 Å². The third-order valence-electron chi connectivity index (χ3n) is 14.0. The largest absolute Gasteiger partial charge is 0.479 e. The summed E-state index contributed by atoms with van der Waals surface area (Å²) in [6, 6.07) is 0. The van der Waals surface area contributed by atoms with Gasteiger partial charge in [0.15, 0.2) is 24.6 Å². The Bertz CT molecular complexity index is 1370. The van der Waals surface area contributed by atoms with Crippen molar-refractivity contribution in [2.75, 3.05) is 13.2 Å². The topological polar surface area (TPSA) is 175 Å². The monoisotopic (exact) mass is 1030 g/mol. The molecule has 0 amide bonds. The number of esters is 3. The molecule has 0 radical (unpaired) electrons. The molecule has 1 fully saturated rings. The number of aliphatic hydroxyl groups is 2. The molecule has 73 heavy (non-hydrogen) atoms. The number of carbonyl (C=O) groups excluding carboxylic acids is 3. The van der Waals surface area contributed by atoms with Crippen LogP contribution < -0.4 is 0 Å². The number of rotatable bonds is 52. The van der Waals surface area contributed by atoms with Crippen LogP contribution in [-0.2, 0) is 42.9 Å². The van der Waals surface area contributed by atoms with E-state index in [4.69, 9.17) is 23.7 Å². The first kappa shape index (κ1) is 68.2. The van der Waals surface area contributed by atoms with Gasteiger partial charge in [0, 0.05) is 19.3 Å². The summed E-state index contributed by atoms with van der Waals surface area (Å²) < 4.78 is 28.5. The van der Waals surface area contributed by atoms with Gasteiger partial charge in [-0.05, 0) is 51.4 Å². The molecule has 3 N–H and O–H groups in total. The minimum Gasteiger partial charge on any atom is -0.479 e. The van der Waals surface area contributed by atoms with E-state index in [9.17, 15) is 34.5 Å². The first-order chi connectivity index (χ1) is 35.6. The van der Waals surface area contributed by atoms with E-state index in [1.165, 1.54) is 141 Å². The summed E-state index contributed by atoms with van der Waals surface area (Å²) in [6.07, 6.45) is 44.3. The SMILES string of the molecule is CCCCC/C=C\C/C=C\CCCCCCCC(=O)OCC(COC1OC(C(=O)O)C(O)C(O)C1OC(=O)CCCCCCCCCCCCCCC)OC(=O)CCCCCCCCCCCCCCCCC. The summed E-state index contributed by atoms with van der Waals surface area (Å²) in [6.45, 7) is 5.98. The van der Waals surface area contributed by atoms with E-state index < -0.39 is 67.3 Å². The molecule has 1 aliphatic rings. The average Bonchev–Trinajstić information content (AvgIpc) is 3.37. The summed E-state index contributed by atoms with van der Waals surface area (Å²) in [5.74, 6) is -3.10. The summed E-state index contributed by atoms with van der Waals surface area (Å²) in [5.41, 5.74) is 0. The van der Waals surface area contributed by atoms with Crippen molar-refractivity contribution in [2.24, 2.45) is 0 Å². The number of allylic oxidation sites excluding steroid dienone is 4. The molecule has 0 spiro atoms. The van der Waals surface area contributed by atoms with E-state index in [1.54, 1.807) is 0 Å². The Morgan fingerprint density at radius 3 is 1.26 bits per heavy atom. The maximum atomic E-state index is 13.1. The lowest BCUT2D eigenvalue weighted by Crippen LogP contribution is -2.61. The van der Waals surface area contributed by atoms with Crippen LogP contribution in [0.3, 0.4) is 0 Å². The molecule has 1 aliphatic heterocycles. The summed E-state index contributed by atoms with van der Waals surface area (Å²) >= 11 is 0. The number of hydrogen-bond acceptors (Lipinski definition) is 11. The Kier molecular flexibility index (Phi) is 46.8. The van der Waals surface area contributed by atoms with Crippen LogP contribution in [0.5, 0.6) is 0 Å². The van der Waals surface area contributed by atoms with Crippen molar-refractivity contribution in [2.45, 2.75) is 327 Å². The number of unbranched alkanes of at least 4 members (excludes halogenated alkanes) is 34. The molecule has 12 heteroatoms. The van der Waals surface area contributed by atoms with E-state index in [0.717, 1.165) is 89.9 Å². The molecule has 0 aromatic rings. The molecule has 12 nitrogen and oxygen atoms in total. The fraction of sp³-hybridized carbons (Fsp3) is 0.869. The number of carboxylic acid groups (broad SMARTS) is 1. The first-order valence-electron chi connectivity index (χ1n) is 30.3. The number of carboxylic acids is 1. The fourth-order valence-electron chi connectivity index (χ4n) is 9.34. The van der Waals surface area contributed by atoms with Crippen molar-refractivity contribution in [3.8, 4) is 0 Å². The predicted molar refractivity (Wildman–Crippen MR) is 294 cm³/mol. The quantitative estimate of drug-likeness (QED) is 0.0228. The zero-order chi connectivity index (χ0) is 53.3. The van der Waals surface area contributed by atoms with Crippen molar-refractivity contribution in [3.05, 3.63) is 24.3 Å². The normalized spacial score (nSPS) is 18.4. The van der Waals surface area contributed by atoms with Gasteiger partial charge in [0.05, 0.1) is 6.61 Å². The first-order valence-corrected chi connectivity index (χ1v) is 30.3. The number of carbonyl (C=O) groups is 4. The van der Waals surface area contributed by atoms with Gasteiger partial charge in [0.1, 0.15) is 18.8 Å². The van der Waals surface area contributed by atoms with Crippen LogP contribution >= 0.6 is 0 Å². The van der Waals surface area contributed by atoms with E-state index in [1.807, 2.05) is 0 Å². The van der Waals surface area contributed by atoms with Gasteiger partial charge in [-0.1, -0.05) is 244 Å². The third kappa shape index (κ3) is 40.2.